The van der Waals surface area contributed by atoms with Crippen LogP contribution in [0.2, 0.25) is 5.02 Å². The summed E-state index contributed by atoms with van der Waals surface area (Å²) in [6.45, 7) is 1.77. The topological polar surface area (TPSA) is 64.7 Å². The van der Waals surface area contributed by atoms with Crippen molar-refractivity contribution < 1.29 is 0 Å². The highest BCUT2D eigenvalue weighted by Crippen LogP contribution is 2.26. The van der Waals surface area contributed by atoms with Crippen molar-refractivity contribution in [3.8, 4) is 28.5 Å². The Kier molecular flexibility index (Phi) is 5.77. The zero-order valence-electron chi connectivity index (χ0n) is 18.1. The lowest BCUT2D eigenvalue weighted by Gasteiger charge is -2.14. The van der Waals surface area contributed by atoms with E-state index < -0.39 is 0 Å². The standard InChI is InChI=1S/C26H22ClN5O/c1-28-14-16-31-15-4-7-23(31)18-8-10-19(11-9-18)25-30-22-6-3-2-5-21(22)26(33)32(25)24-13-12-20(27)17-29-24/h2-13,15,17,28H,14,16H2,1H3. The molecule has 0 unspecified atom stereocenters. The van der Waals surface area contributed by atoms with Crippen LogP contribution in [0.1, 0.15) is 0 Å². The van der Waals surface area contributed by atoms with Crippen molar-refractivity contribution in [1.29, 1.82) is 0 Å². The number of nitrogens with one attached hydrogen (secondary N) is 1. The molecular weight excluding hydrogens is 434 g/mol. The van der Waals surface area contributed by atoms with Gasteiger partial charge in [-0.1, -0.05) is 48.0 Å². The molecule has 0 radical (unpaired) electrons. The summed E-state index contributed by atoms with van der Waals surface area (Å²) in [5.74, 6) is 1.01. The Morgan fingerprint density at radius 3 is 2.48 bits per heavy atom. The maximum Gasteiger partial charge on any atom is 0.267 e. The van der Waals surface area contributed by atoms with Gasteiger partial charge < -0.3 is 9.88 Å². The van der Waals surface area contributed by atoms with Crippen LogP contribution in [0.4, 0.5) is 0 Å². The first-order chi connectivity index (χ1) is 16.2. The van der Waals surface area contributed by atoms with Crippen molar-refractivity contribution in [3.05, 3.63) is 101 Å². The van der Waals surface area contributed by atoms with Gasteiger partial charge in [-0.05, 0) is 49.0 Å². The van der Waals surface area contributed by atoms with E-state index >= 15 is 0 Å². The number of para-hydroxylation sites is 1. The number of pyridine rings is 1. The molecule has 1 N–H and O–H groups in total. The lowest BCUT2D eigenvalue weighted by atomic mass is 10.1. The molecule has 0 amide bonds. The number of fused-ring (bicyclic) bond motifs is 1. The molecule has 0 saturated carbocycles. The summed E-state index contributed by atoms with van der Waals surface area (Å²) >= 11 is 6.03. The number of hydrogen-bond acceptors (Lipinski definition) is 4. The van der Waals surface area contributed by atoms with Crippen molar-refractivity contribution in [1.82, 2.24) is 24.4 Å². The van der Waals surface area contributed by atoms with Gasteiger partial charge in [0.1, 0.15) is 11.6 Å². The maximum absolute atomic E-state index is 13.4. The summed E-state index contributed by atoms with van der Waals surface area (Å²) in [6, 6.07) is 23.1. The Morgan fingerprint density at radius 1 is 0.939 bits per heavy atom. The molecule has 0 bridgehead atoms. The molecule has 33 heavy (non-hydrogen) atoms. The number of nitrogens with zero attached hydrogens (tertiary/aromatic N) is 4. The molecule has 164 valence electrons. The number of halogens is 1. The van der Waals surface area contributed by atoms with Gasteiger partial charge >= 0.3 is 0 Å². The van der Waals surface area contributed by atoms with Crippen LogP contribution >= 0.6 is 11.6 Å². The second-order valence-corrected chi connectivity index (χ2v) is 8.13. The quantitative estimate of drug-likeness (QED) is 0.400. The molecule has 2 aromatic carbocycles. The molecule has 0 aliphatic rings. The van der Waals surface area contributed by atoms with E-state index in [9.17, 15) is 4.79 Å². The largest absolute Gasteiger partial charge is 0.346 e. The first-order valence-corrected chi connectivity index (χ1v) is 11.1. The molecule has 3 heterocycles. The molecule has 0 aliphatic carbocycles. The molecule has 0 spiro atoms. The van der Waals surface area contributed by atoms with E-state index in [1.807, 2.05) is 43.4 Å². The molecular formula is C26H22ClN5O. The predicted octanol–water partition coefficient (Wildman–Crippen LogP) is 4.79. The number of rotatable bonds is 6. The maximum atomic E-state index is 13.4. The van der Waals surface area contributed by atoms with Gasteiger partial charge in [0.2, 0.25) is 0 Å². The molecule has 0 atom stereocenters. The van der Waals surface area contributed by atoms with Crippen LogP contribution < -0.4 is 10.9 Å². The van der Waals surface area contributed by atoms with Crippen molar-refractivity contribution in [3.63, 3.8) is 0 Å². The Labute approximate surface area is 196 Å². The number of hydrogen-bond donors (Lipinski definition) is 1. The van der Waals surface area contributed by atoms with E-state index in [2.05, 4.69) is 39.3 Å². The van der Waals surface area contributed by atoms with Crippen LogP contribution in [-0.4, -0.2) is 32.7 Å². The molecule has 7 heteroatoms. The van der Waals surface area contributed by atoms with E-state index in [0.717, 1.165) is 29.9 Å². The fraction of sp³-hybridized carbons (Fsp3) is 0.115. The normalized spacial score (nSPS) is 11.2. The molecule has 3 aromatic heterocycles. The van der Waals surface area contributed by atoms with E-state index in [-0.39, 0.29) is 5.56 Å². The predicted molar refractivity (Wildman–Crippen MR) is 133 cm³/mol. The van der Waals surface area contributed by atoms with Crippen LogP contribution in [0, 0.1) is 0 Å². The van der Waals surface area contributed by atoms with Crippen molar-refractivity contribution >= 4 is 22.5 Å². The molecule has 6 nitrogen and oxygen atoms in total. The first kappa shape index (κ1) is 21.1. The van der Waals surface area contributed by atoms with Crippen LogP contribution in [0.3, 0.4) is 0 Å². The summed E-state index contributed by atoms with van der Waals surface area (Å²) in [5, 5.41) is 4.23. The van der Waals surface area contributed by atoms with Crippen LogP contribution in [-0.2, 0) is 6.54 Å². The van der Waals surface area contributed by atoms with Gasteiger partial charge in [0.25, 0.3) is 5.56 Å². The average molecular weight is 456 g/mol. The van der Waals surface area contributed by atoms with E-state index in [4.69, 9.17) is 16.6 Å². The second kappa shape index (κ2) is 9.02. The van der Waals surface area contributed by atoms with E-state index in [0.29, 0.717) is 27.6 Å². The smallest absolute Gasteiger partial charge is 0.267 e. The molecule has 0 fully saturated rings. The third-order valence-electron chi connectivity index (χ3n) is 5.59. The summed E-state index contributed by atoms with van der Waals surface area (Å²) < 4.78 is 3.76. The highest BCUT2D eigenvalue weighted by Gasteiger charge is 2.16. The highest BCUT2D eigenvalue weighted by atomic mass is 35.5. The SMILES string of the molecule is CNCCn1cccc1-c1ccc(-c2nc3ccccc3c(=O)n2-c2ccc(Cl)cn2)cc1. The van der Waals surface area contributed by atoms with Gasteiger partial charge in [0.15, 0.2) is 0 Å². The molecule has 5 rings (SSSR count). The van der Waals surface area contributed by atoms with Gasteiger partial charge in [-0.25, -0.2) is 14.5 Å². The minimum atomic E-state index is -0.171. The third-order valence-corrected chi connectivity index (χ3v) is 5.81. The Morgan fingerprint density at radius 2 is 1.73 bits per heavy atom. The summed E-state index contributed by atoms with van der Waals surface area (Å²) in [4.78, 5) is 22.7. The number of likely N-dealkylation sites (N-methyl/N-ethyl adjacent to an activating group) is 1. The van der Waals surface area contributed by atoms with Crippen LogP contribution in [0.15, 0.2) is 90.0 Å². The van der Waals surface area contributed by atoms with E-state index in [1.165, 1.54) is 6.20 Å². The lowest BCUT2D eigenvalue weighted by Crippen LogP contribution is -2.22. The van der Waals surface area contributed by atoms with Gasteiger partial charge in [-0.3, -0.25) is 4.79 Å². The average Bonchev–Trinajstić information content (AvgIpc) is 3.32. The first-order valence-electron chi connectivity index (χ1n) is 10.7. The Hall–Kier alpha value is -3.74. The monoisotopic (exact) mass is 455 g/mol. The Bertz CT molecular complexity index is 1470. The van der Waals surface area contributed by atoms with Crippen molar-refractivity contribution in [2.24, 2.45) is 0 Å². The second-order valence-electron chi connectivity index (χ2n) is 7.70. The Balaban J connectivity index is 1.64. The van der Waals surface area contributed by atoms with Gasteiger partial charge in [-0.2, -0.15) is 0 Å². The van der Waals surface area contributed by atoms with Crippen LogP contribution in [0.25, 0.3) is 39.4 Å². The fourth-order valence-corrected chi connectivity index (χ4v) is 4.04. The zero-order valence-corrected chi connectivity index (χ0v) is 18.8. The van der Waals surface area contributed by atoms with Gasteiger partial charge in [0.05, 0.1) is 15.9 Å². The molecule has 0 aliphatic heterocycles. The third kappa shape index (κ3) is 4.06. The lowest BCUT2D eigenvalue weighted by molar-refractivity contribution is 0.652. The summed E-state index contributed by atoms with van der Waals surface area (Å²) in [5.41, 5.74) is 3.54. The summed E-state index contributed by atoms with van der Waals surface area (Å²) in [6.07, 6.45) is 3.61. The number of aromatic nitrogens is 4. The fourth-order valence-electron chi connectivity index (χ4n) is 3.93. The highest BCUT2D eigenvalue weighted by molar-refractivity contribution is 6.30. The zero-order chi connectivity index (χ0) is 22.8. The number of benzene rings is 2. The van der Waals surface area contributed by atoms with E-state index in [1.54, 1.807) is 22.8 Å². The summed E-state index contributed by atoms with van der Waals surface area (Å²) in [7, 11) is 1.95. The molecule has 5 aromatic rings. The minimum absolute atomic E-state index is 0.171. The van der Waals surface area contributed by atoms with Crippen LogP contribution in [0.5, 0.6) is 0 Å². The molecule has 0 saturated heterocycles. The van der Waals surface area contributed by atoms with Crippen molar-refractivity contribution in [2.75, 3.05) is 13.6 Å². The van der Waals surface area contributed by atoms with Gasteiger partial charge in [0, 0.05) is 36.7 Å². The van der Waals surface area contributed by atoms with Crippen molar-refractivity contribution in [2.45, 2.75) is 6.54 Å². The van der Waals surface area contributed by atoms with Gasteiger partial charge in [-0.15, -0.1) is 0 Å². The minimum Gasteiger partial charge on any atom is -0.346 e.